The second kappa shape index (κ2) is 15.2. The number of nitrogens with two attached hydrogens (primary N) is 1. The van der Waals surface area contributed by atoms with Crippen molar-refractivity contribution in [3.05, 3.63) is 66.2 Å². The van der Waals surface area contributed by atoms with Crippen LogP contribution in [0.4, 0.5) is 11.6 Å². The second-order valence-corrected chi connectivity index (χ2v) is 9.48. The molecule has 1 aliphatic rings. The van der Waals surface area contributed by atoms with Crippen LogP contribution in [0.15, 0.2) is 55.0 Å². The van der Waals surface area contributed by atoms with Gasteiger partial charge in [-0.2, -0.15) is 5.26 Å². The van der Waals surface area contributed by atoms with E-state index in [-0.39, 0.29) is 12.5 Å². The first-order valence-corrected chi connectivity index (χ1v) is 13.1. The molecule has 1 saturated heterocycles. The Morgan fingerprint density at radius 3 is 2.05 bits per heavy atom. The van der Waals surface area contributed by atoms with Crippen LogP contribution in [0.25, 0.3) is 11.1 Å². The molecule has 0 saturated carbocycles. The molecule has 3 heterocycles. The number of benzene rings is 1. The van der Waals surface area contributed by atoms with Crippen LogP contribution in [-0.4, -0.2) is 110 Å². The molecule has 0 aliphatic carbocycles. The number of likely N-dealkylation sites (N-methyl/N-ethyl adjacent to an activating group) is 1. The first kappa shape index (κ1) is 32.3. The number of piperazine rings is 1. The third-order valence-electron chi connectivity index (χ3n) is 6.51. The lowest BCUT2D eigenvalue weighted by atomic mass is 10.1. The quantitative estimate of drug-likeness (QED) is 0.212. The summed E-state index contributed by atoms with van der Waals surface area (Å²) in [5.41, 5.74) is 9.84. The van der Waals surface area contributed by atoms with Crippen molar-refractivity contribution >= 4 is 29.5 Å². The summed E-state index contributed by atoms with van der Waals surface area (Å²) in [4.78, 5) is 50.7. The van der Waals surface area contributed by atoms with Crippen LogP contribution in [0.2, 0.25) is 0 Å². The summed E-state index contributed by atoms with van der Waals surface area (Å²) in [5.74, 6) is -2.92. The average Bonchev–Trinajstić information content (AvgIpc) is 3.04. The Hall–Kier alpha value is -5.17. The number of nitriles is 1. The lowest BCUT2D eigenvalue weighted by molar-refractivity contribution is -0.165. The summed E-state index contributed by atoms with van der Waals surface area (Å²) in [7, 11) is 1.75. The van der Waals surface area contributed by atoms with Gasteiger partial charge in [0, 0.05) is 57.7 Å². The number of carbonyl (C=O) groups is 3. The van der Waals surface area contributed by atoms with E-state index in [1.807, 2.05) is 48.8 Å². The predicted octanol–water partition coefficient (Wildman–Crippen LogP) is -0.469. The summed E-state index contributed by atoms with van der Waals surface area (Å²) in [6, 6.07) is 13.7. The van der Waals surface area contributed by atoms with Crippen LogP contribution in [0.5, 0.6) is 0 Å². The number of rotatable bonds is 9. The normalized spacial score (nSPS) is 14.0. The fourth-order valence-electron chi connectivity index (χ4n) is 4.07. The van der Waals surface area contributed by atoms with Crippen molar-refractivity contribution in [1.82, 2.24) is 19.9 Å². The Balaban J connectivity index is 0.000000436. The van der Waals surface area contributed by atoms with E-state index in [2.05, 4.69) is 24.8 Å². The fourth-order valence-corrected chi connectivity index (χ4v) is 4.07. The minimum atomic E-state index is -2.27. The molecule has 226 valence electrons. The number of carboxylic acid groups (broad SMARTS) is 2. The molecule has 43 heavy (non-hydrogen) atoms. The molecular formula is C28H32N8O7. The van der Waals surface area contributed by atoms with E-state index in [0.717, 1.165) is 48.6 Å². The lowest BCUT2D eigenvalue weighted by Gasteiger charge is -2.35. The monoisotopic (exact) mass is 592 g/mol. The highest BCUT2D eigenvalue weighted by molar-refractivity contribution is 5.83. The van der Waals surface area contributed by atoms with E-state index in [4.69, 9.17) is 31.4 Å². The molecule has 0 radical (unpaired) electrons. The molecule has 1 aliphatic heterocycles. The molecule has 2 aromatic heterocycles. The van der Waals surface area contributed by atoms with Crippen molar-refractivity contribution < 1.29 is 34.8 Å². The molecule has 1 fully saturated rings. The number of aliphatic carboxylic acids is 2. The van der Waals surface area contributed by atoms with E-state index in [0.29, 0.717) is 18.2 Å². The molecule has 15 heteroatoms. The van der Waals surface area contributed by atoms with Crippen LogP contribution < -0.4 is 15.5 Å². The summed E-state index contributed by atoms with van der Waals surface area (Å²) in [6.07, 6.45) is 0.896. The standard InChI is InChI=1S/C24H26N8O.C4H6O6/c1-30(23(33)13-26)17-18-3-2-4-19(11-18)20-14-28-24(29-15-20)32-9-7-31(8-10-32)22-6-5-21(12-25)27-16-22;5-1(3(7)8)2(6)4(9)10/h2-6,11,14-16H,7-10,13,17,26H2,1H3;1-2,5-6H,(H,7,8)(H,9,10). The van der Waals surface area contributed by atoms with E-state index in [1.165, 1.54) is 0 Å². The maximum atomic E-state index is 11.7. The van der Waals surface area contributed by atoms with E-state index in [9.17, 15) is 14.4 Å². The highest BCUT2D eigenvalue weighted by Gasteiger charge is 2.29. The first-order chi connectivity index (χ1) is 20.5. The summed E-state index contributed by atoms with van der Waals surface area (Å²) >= 11 is 0. The predicted molar refractivity (Wildman–Crippen MR) is 154 cm³/mol. The topological polar surface area (TPSA) is 230 Å². The van der Waals surface area contributed by atoms with Gasteiger partial charge in [0.25, 0.3) is 0 Å². The highest BCUT2D eigenvalue weighted by atomic mass is 16.4. The van der Waals surface area contributed by atoms with Gasteiger partial charge in [0.2, 0.25) is 11.9 Å². The lowest BCUT2D eigenvalue weighted by Crippen LogP contribution is -2.47. The first-order valence-electron chi connectivity index (χ1n) is 13.1. The summed E-state index contributed by atoms with van der Waals surface area (Å²) < 4.78 is 0. The smallest absolute Gasteiger partial charge is 0.335 e. The largest absolute Gasteiger partial charge is 0.479 e. The Morgan fingerprint density at radius 1 is 0.930 bits per heavy atom. The number of aromatic nitrogens is 3. The van der Waals surface area contributed by atoms with Gasteiger partial charge in [-0.1, -0.05) is 18.2 Å². The number of carbonyl (C=O) groups excluding carboxylic acids is 1. The molecule has 0 bridgehead atoms. The van der Waals surface area contributed by atoms with Gasteiger partial charge in [-0.15, -0.1) is 0 Å². The average molecular weight is 593 g/mol. The van der Waals surface area contributed by atoms with Gasteiger partial charge in [0.1, 0.15) is 11.8 Å². The van der Waals surface area contributed by atoms with Crippen LogP contribution in [0.3, 0.4) is 0 Å². The molecule has 3 aromatic rings. The second-order valence-electron chi connectivity index (χ2n) is 9.48. The Morgan fingerprint density at radius 2 is 1.53 bits per heavy atom. The molecule has 2 atom stereocenters. The number of pyridine rings is 1. The van der Waals surface area contributed by atoms with Crippen molar-refractivity contribution in [1.29, 1.82) is 5.26 Å². The highest BCUT2D eigenvalue weighted by Crippen LogP contribution is 2.22. The van der Waals surface area contributed by atoms with Gasteiger partial charge < -0.3 is 40.9 Å². The maximum absolute atomic E-state index is 11.7. The van der Waals surface area contributed by atoms with Crippen LogP contribution in [-0.2, 0) is 20.9 Å². The molecule has 4 rings (SSSR count). The van der Waals surface area contributed by atoms with E-state index < -0.39 is 24.1 Å². The SMILES string of the molecule is CN(Cc1cccc(-c2cnc(N3CCN(c4ccc(C#N)nc4)CC3)nc2)c1)C(=O)CN.O=C(O)C(O)C(O)C(=O)O. The molecule has 0 spiro atoms. The van der Waals surface area contributed by atoms with Crippen LogP contribution in [0.1, 0.15) is 11.3 Å². The number of hydrogen-bond donors (Lipinski definition) is 5. The van der Waals surface area contributed by atoms with E-state index >= 15 is 0 Å². The number of aliphatic hydroxyl groups excluding tert-OH is 2. The van der Waals surface area contributed by atoms with Crippen molar-refractivity contribution in [2.75, 3.05) is 49.6 Å². The number of carboxylic acids is 2. The van der Waals surface area contributed by atoms with Crippen LogP contribution in [0, 0.1) is 11.3 Å². The molecule has 2 unspecified atom stereocenters. The van der Waals surface area contributed by atoms with Gasteiger partial charge in [0.05, 0.1) is 18.4 Å². The zero-order valence-corrected chi connectivity index (χ0v) is 23.3. The number of amides is 1. The van der Waals surface area contributed by atoms with Gasteiger partial charge in [-0.05, 0) is 29.3 Å². The van der Waals surface area contributed by atoms with Crippen molar-refractivity contribution in [2.45, 2.75) is 18.8 Å². The number of aliphatic hydroxyl groups is 2. The van der Waals surface area contributed by atoms with Gasteiger partial charge in [0.15, 0.2) is 12.2 Å². The number of nitrogens with zero attached hydrogens (tertiary/aromatic N) is 7. The fraction of sp³-hybridized carbons (Fsp3) is 0.321. The molecule has 1 amide bonds. The third kappa shape index (κ3) is 8.91. The van der Waals surface area contributed by atoms with Gasteiger partial charge in [-0.25, -0.2) is 24.5 Å². The Labute approximate surface area is 247 Å². The van der Waals surface area contributed by atoms with Crippen molar-refractivity contribution in [2.24, 2.45) is 5.73 Å². The minimum absolute atomic E-state index is 0.00408. The summed E-state index contributed by atoms with van der Waals surface area (Å²) in [5, 5.41) is 41.4. The van der Waals surface area contributed by atoms with Crippen LogP contribution >= 0.6 is 0 Å². The molecular weight excluding hydrogens is 560 g/mol. The maximum Gasteiger partial charge on any atom is 0.335 e. The van der Waals surface area contributed by atoms with E-state index in [1.54, 1.807) is 24.2 Å². The summed E-state index contributed by atoms with van der Waals surface area (Å²) in [6.45, 7) is 3.77. The van der Waals surface area contributed by atoms with Crippen molar-refractivity contribution in [3.63, 3.8) is 0 Å². The Kier molecular flexibility index (Phi) is 11.4. The number of anilines is 2. The molecule has 1 aromatic carbocycles. The third-order valence-corrected chi connectivity index (χ3v) is 6.51. The zero-order chi connectivity index (χ0) is 31.5. The Bertz CT molecular complexity index is 1420. The van der Waals surface area contributed by atoms with Crippen molar-refractivity contribution in [3.8, 4) is 17.2 Å². The molecule has 6 N–H and O–H groups in total. The zero-order valence-electron chi connectivity index (χ0n) is 23.3. The van der Waals surface area contributed by atoms with Gasteiger partial charge in [-0.3, -0.25) is 4.79 Å². The minimum Gasteiger partial charge on any atom is -0.479 e. The number of hydrogen-bond acceptors (Lipinski definition) is 12. The van der Waals surface area contributed by atoms with Gasteiger partial charge >= 0.3 is 11.9 Å². The molecule has 15 nitrogen and oxygen atoms in total.